The molecule has 1 aliphatic carbocycles. The van der Waals surface area contributed by atoms with E-state index in [-0.39, 0.29) is 6.04 Å². The Labute approximate surface area is 224 Å². The van der Waals surface area contributed by atoms with Crippen molar-refractivity contribution in [1.82, 2.24) is 14.9 Å². The summed E-state index contributed by atoms with van der Waals surface area (Å²) in [6.07, 6.45) is 10.9. The van der Waals surface area contributed by atoms with Gasteiger partial charge < -0.3 is 4.98 Å². The number of H-pyrrole nitrogens is 1. The molecule has 0 bridgehead atoms. The Morgan fingerprint density at radius 1 is 1.14 bits per heavy atom. The number of nitrogens with one attached hydrogen (secondary N) is 1. The molecule has 1 aromatic carbocycles. The number of piperidine rings is 1. The fraction of sp³-hybridized carbons (Fsp3) is 0.452. The van der Waals surface area contributed by atoms with Crippen molar-refractivity contribution in [3.05, 3.63) is 68.8 Å². The zero-order valence-electron chi connectivity index (χ0n) is 22.4. The lowest BCUT2D eigenvalue weighted by Crippen LogP contribution is -2.32. The van der Waals surface area contributed by atoms with Gasteiger partial charge in [0, 0.05) is 28.0 Å². The van der Waals surface area contributed by atoms with Gasteiger partial charge in [0.1, 0.15) is 6.34 Å². The predicted molar refractivity (Wildman–Crippen MR) is 157 cm³/mol. The molecule has 0 spiro atoms. The van der Waals surface area contributed by atoms with Gasteiger partial charge >= 0.3 is 0 Å². The topological polar surface area (TPSA) is 56.6 Å². The van der Waals surface area contributed by atoms with Crippen LogP contribution in [0.15, 0.2) is 51.4 Å². The maximum absolute atomic E-state index is 4.58. The van der Waals surface area contributed by atoms with Crippen molar-refractivity contribution in [3.63, 3.8) is 0 Å². The minimum atomic E-state index is 0.223. The molecule has 4 heterocycles. The molecule has 6 heteroatoms. The average molecular weight is 512 g/mol. The second-order valence-electron chi connectivity index (χ2n) is 11.1. The third-order valence-electron chi connectivity index (χ3n) is 8.35. The number of hydrogen-bond donors (Lipinski definition) is 1. The third kappa shape index (κ3) is 4.77. The first-order chi connectivity index (χ1) is 18.0. The van der Waals surface area contributed by atoms with Crippen molar-refractivity contribution >= 4 is 39.9 Å². The van der Waals surface area contributed by atoms with E-state index in [9.17, 15) is 0 Å². The van der Waals surface area contributed by atoms with Gasteiger partial charge in [-0.15, -0.1) is 11.3 Å². The standard InChI is InChI=1S/C31H37N5S/c1-19(2)29-25-15-23(22-10-12-36(13-11-22)16-28-21(4)37-18-34-28)8-9-26(25)35-31(29)24-6-5-7-27-30(20(3)14-24)33-17-32-27/h6,8-9,14-15,17-19,22,27,35H,5,7,10-13,16H2,1-4H3/b20-14-,24-6+. The van der Waals surface area contributed by atoms with E-state index in [2.05, 4.69) is 82.9 Å². The number of likely N-dealkylation sites (tertiary alicyclic amines) is 1. The number of benzene rings is 1. The van der Waals surface area contributed by atoms with E-state index in [1.165, 1.54) is 62.3 Å². The maximum Gasteiger partial charge on any atom is 0.111 e. The number of fused-ring (bicyclic) bond motifs is 2. The molecule has 192 valence electrons. The molecule has 0 saturated carbocycles. The van der Waals surface area contributed by atoms with E-state index in [0.29, 0.717) is 11.8 Å². The minimum Gasteiger partial charge on any atom is -0.354 e. The van der Waals surface area contributed by atoms with Crippen LogP contribution in [0.4, 0.5) is 0 Å². The second kappa shape index (κ2) is 10.1. The molecule has 2 aromatic heterocycles. The predicted octanol–water partition coefficient (Wildman–Crippen LogP) is 7.41. The highest BCUT2D eigenvalue weighted by Crippen LogP contribution is 2.38. The van der Waals surface area contributed by atoms with Crippen LogP contribution in [0.5, 0.6) is 0 Å². The molecule has 3 aromatic rings. The van der Waals surface area contributed by atoms with Gasteiger partial charge in [0.2, 0.25) is 0 Å². The molecule has 5 nitrogen and oxygen atoms in total. The van der Waals surface area contributed by atoms with E-state index >= 15 is 0 Å². The molecule has 2 aliphatic heterocycles. The second-order valence-corrected chi connectivity index (χ2v) is 12.2. The number of hydrogen-bond acceptors (Lipinski definition) is 5. The van der Waals surface area contributed by atoms with Crippen LogP contribution < -0.4 is 0 Å². The van der Waals surface area contributed by atoms with Crippen molar-refractivity contribution in [2.24, 2.45) is 9.98 Å². The summed E-state index contributed by atoms with van der Waals surface area (Å²) >= 11 is 1.75. The molecular formula is C31H37N5S. The highest BCUT2D eigenvalue weighted by atomic mass is 32.1. The molecule has 6 rings (SSSR count). The zero-order valence-corrected chi connectivity index (χ0v) is 23.2. The van der Waals surface area contributed by atoms with Crippen LogP contribution in [0, 0.1) is 6.92 Å². The molecule has 37 heavy (non-hydrogen) atoms. The summed E-state index contributed by atoms with van der Waals surface area (Å²) in [6, 6.07) is 7.39. The lowest BCUT2D eigenvalue weighted by molar-refractivity contribution is 0.202. The Kier molecular flexibility index (Phi) is 6.72. The normalized spacial score (nSPS) is 23.9. The SMILES string of the molecule is C/C1=C/C(c2[nH]c3ccc(C4CCN(Cc5ncsc5C)CC4)cc3c2C(C)C)=C\CCC2N=CN=C12. The van der Waals surface area contributed by atoms with Gasteiger partial charge in [-0.3, -0.25) is 9.89 Å². The molecule has 1 unspecified atom stereocenters. The number of aromatic nitrogens is 2. The van der Waals surface area contributed by atoms with E-state index < -0.39 is 0 Å². The van der Waals surface area contributed by atoms with Gasteiger partial charge in [-0.2, -0.15) is 0 Å². The Morgan fingerprint density at radius 3 is 2.73 bits per heavy atom. The smallest absolute Gasteiger partial charge is 0.111 e. The van der Waals surface area contributed by atoms with E-state index in [1.54, 1.807) is 17.7 Å². The van der Waals surface area contributed by atoms with Crippen molar-refractivity contribution in [3.8, 4) is 0 Å². The molecular weight excluding hydrogens is 474 g/mol. The lowest BCUT2D eigenvalue weighted by Gasteiger charge is -2.32. The zero-order chi connectivity index (χ0) is 25.5. The maximum atomic E-state index is 4.58. The molecule has 0 radical (unpaired) electrons. The monoisotopic (exact) mass is 511 g/mol. The minimum absolute atomic E-state index is 0.223. The number of rotatable bonds is 5. The Morgan fingerprint density at radius 2 is 1.97 bits per heavy atom. The highest BCUT2D eigenvalue weighted by Gasteiger charge is 2.25. The van der Waals surface area contributed by atoms with E-state index in [1.807, 2.05) is 5.51 Å². The van der Waals surface area contributed by atoms with Gasteiger partial charge in [-0.1, -0.05) is 26.0 Å². The number of thiazole rings is 1. The Bertz CT molecular complexity index is 1420. The summed E-state index contributed by atoms with van der Waals surface area (Å²) in [5.41, 5.74) is 12.3. The molecule has 1 saturated heterocycles. The summed E-state index contributed by atoms with van der Waals surface area (Å²) in [4.78, 5) is 21.4. The Balaban J connectivity index is 1.27. The van der Waals surface area contributed by atoms with E-state index in [4.69, 9.17) is 0 Å². The fourth-order valence-electron chi connectivity index (χ4n) is 6.27. The summed E-state index contributed by atoms with van der Waals surface area (Å²) in [6.45, 7) is 12.3. The summed E-state index contributed by atoms with van der Waals surface area (Å²) < 4.78 is 0. The number of aryl methyl sites for hydroxylation is 1. The fourth-order valence-corrected chi connectivity index (χ4v) is 6.86. The number of allylic oxidation sites excluding steroid dienone is 3. The van der Waals surface area contributed by atoms with Gasteiger partial charge in [-0.05, 0) is 105 Å². The van der Waals surface area contributed by atoms with Gasteiger partial charge in [0.25, 0.3) is 0 Å². The van der Waals surface area contributed by atoms with Crippen LogP contribution >= 0.6 is 11.3 Å². The Hall–Kier alpha value is -2.83. The van der Waals surface area contributed by atoms with Crippen LogP contribution in [-0.4, -0.2) is 46.0 Å². The van der Waals surface area contributed by atoms with Crippen LogP contribution in [0.25, 0.3) is 16.5 Å². The third-order valence-corrected chi connectivity index (χ3v) is 9.15. The number of aromatic amines is 1. The highest BCUT2D eigenvalue weighted by molar-refractivity contribution is 7.09. The van der Waals surface area contributed by atoms with Crippen LogP contribution in [0.1, 0.15) is 85.7 Å². The summed E-state index contributed by atoms with van der Waals surface area (Å²) in [5, 5.41) is 1.39. The van der Waals surface area contributed by atoms with E-state index in [0.717, 1.165) is 38.2 Å². The number of aliphatic imine (C=N–C) groups is 2. The van der Waals surface area contributed by atoms with Crippen molar-refractivity contribution in [1.29, 1.82) is 0 Å². The number of nitrogens with zero attached hydrogens (tertiary/aromatic N) is 4. The largest absolute Gasteiger partial charge is 0.354 e. The van der Waals surface area contributed by atoms with Crippen LogP contribution in [-0.2, 0) is 6.54 Å². The van der Waals surface area contributed by atoms with Gasteiger partial charge in [0.15, 0.2) is 0 Å². The molecule has 1 fully saturated rings. The average Bonchev–Trinajstić information content (AvgIpc) is 3.61. The first-order valence-electron chi connectivity index (χ1n) is 13.7. The quantitative estimate of drug-likeness (QED) is 0.388. The van der Waals surface area contributed by atoms with Crippen molar-refractivity contribution in [2.75, 3.05) is 13.1 Å². The lowest BCUT2D eigenvalue weighted by atomic mass is 9.87. The van der Waals surface area contributed by atoms with Crippen LogP contribution in [0.2, 0.25) is 0 Å². The van der Waals surface area contributed by atoms with Gasteiger partial charge in [0.05, 0.1) is 23.0 Å². The first kappa shape index (κ1) is 24.5. The van der Waals surface area contributed by atoms with Crippen molar-refractivity contribution in [2.45, 2.75) is 77.8 Å². The van der Waals surface area contributed by atoms with Gasteiger partial charge in [-0.25, -0.2) is 9.98 Å². The summed E-state index contributed by atoms with van der Waals surface area (Å²) in [5.74, 6) is 1.05. The summed E-state index contributed by atoms with van der Waals surface area (Å²) in [7, 11) is 0. The first-order valence-corrected chi connectivity index (χ1v) is 14.6. The molecule has 0 amide bonds. The molecule has 1 atom stereocenters. The molecule has 1 N–H and O–H groups in total. The molecule has 3 aliphatic rings. The van der Waals surface area contributed by atoms with Crippen molar-refractivity contribution < 1.29 is 0 Å². The van der Waals surface area contributed by atoms with Crippen LogP contribution in [0.3, 0.4) is 0 Å².